The Morgan fingerprint density at radius 1 is 1.36 bits per heavy atom. The van der Waals surface area contributed by atoms with Crippen LogP contribution in [0.15, 0.2) is 12.3 Å². The van der Waals surface area contributed by atoms with E-state index in [4.69, 9.17) is 5.73 Å². The van der Waals surface area contributed by atoms with Gasteiger partial charge in [0, 0.05) is 19.3 Å². The molecule has 0 saturated heterocycles. The van der Waals surface area contributed by atoms with E-state index >= 15 is 0 Å². The first-order valence-electron chi connectivity index (χ1n) is 5.61. The smallest absolute Gasteiger partial charge is 0.0760 e. The van der Waals surface area contributed by atoms with Crippen LogP contribution in [0, 0.1) is 5.92 Å². The van der Waals surface area contributed by atoms with Crippen LogP contribution in [0.3, 0.4) is 0 Å². The molecule has 78 valence electrons. The highest BCUT2D eigenvalue weighted by Crippen LogP contribution is 2.24. The third-order valence-corrected chi connectivity index (χ3v) is 3.08. The van der Waals surface area contributed by atoms with Crippen LogP contribution in [-0.4, -0.2) is 9.78 Å². The molecule has 0 spiro atoms. The molecule has 1 saturated carbocycles. The molecule has 3 heteroatoms. The maximum atomic E-state index is 5.52. The summed E-state index contributed by atoms with van der Waals surface area (Å²) in [7, 11) is 0. The maximum absolute atomic E-state index is 5.52. The van der Waals surface area contributed by atoms with Gasteiger partial charge >= 0.3 is 0 Å². The van der Waals surface area contributed by atoms with Crippen molar-refractivity contribution in [3.8, 4) is 0 Å². The summed E-state index contributed by atoms with van der Waals surface area (Å²) in [5.74, 6) is 0.842. The van der Waals surface area contributed by atoms with Crippen LogP contribution in [0.5, 0.6) is 0 Å². The Hall–Kier alpha value is -0.830. The second-order valence-electron chi connectivity index (χ2n) is 4.24. The second-order valence-corrected chi connectivity index (χ2v) is 4.24. The molecule has 0 amide bonds. The third-order valence-electron chi connectivity index (χ3n) is 3.08. The van der Waals surface area contributed by atoms with Gasteiger partial charge in [0.2, 0.25) is 0 Å². The van der Waals surface area contributed by atoms with E-state index in [1.54, 1.807) is 0 Å². The topological polar surface area (TPSA) is 43.8 Å². The fourth-order valence-electron chi connectivity index (χ4n) is 2.25. The molecule has 1 aromatic heterocycles. The zero-order valence-electron chi connectivity index (χ0n) is 8.65. The van der Waals surface area contributed by atoms with Crippen molar-refractivity contribution in [3.05, 3.63) is 18.0 Å². The molecule has 14 heavy (non-hydrogen) atoms. The number of aromatic nitrogens is 2. The average molecular weight is 193 g/mol. The van der Waals surface area contributed by atoms with E-state index < -0.39 is 0 Å². The van der Waals surface area contributed by atoms with E-state index in [2.05, 4.69) is 16.0 Å². The Bertz CT molecular complexity index is 274. The molecule has 0 aromatic carbocycles. The zero-order chi connectivity index (χ0) is 9.80. The summed E-state index contributed by atoms with van der Waals surface area (Å²) in [6, 6.07) is 2.02. The summed E-state index contributed by atoms with van der Waals surface area (Å²) in [4.78, 5) is 0. The Morgan fingerprint density at radius 3 is 2.79 bits per heavy atom. The first-order valence-corrected chi connectivity index (χ1v) is 5.61. The average Bonchev–Trinajstić information content (AvgIpc) is 2.67. The Labute approximate surface area is 85.3 Å². The minimum atomic E-state index is 0.553. The molecule has 1 aromatic rings. The van der Waals surface area contributed by atoms with Gasteiger partial charge in [0.15, 0.2) is 0 Å². The number of hydrogen-bond acceptors (Lipinski definition) is 2. The van der Waals surface area contributed by atoms with Crippen LogP contribution in [0.2, 0.25) is 0 Å². The lowest BCUT2D eigenvalue weighted by molar-refractivity contribution is 0.307. The summed E-state index contributed by atoms with van der Waals surface area (Å²) in [6.45, 7) is 1.64. The monoisotopic (exact) mass is 193 g/mol. The van der Waals surface area contributed by atoms with E-state index in [0.717, 1.165) is 18.2 Å². The first kappa shape index (κ1) is 9.71. The molecule has 0 bridgehead atoms. The Balaban J connectivity index is 1.89. The second kappa shape index (κ2) is 4.60. The van der Waals surface area contributed by atoms with Crippen LogP contribution in [-0.2, 0) is 13.1 Å². The van der Waals surface area contributed by atoms with Crippen molar-refractivity contribution >= 4 is 0 Å². The molecular formula is C11H19N3. The predicted octanol–water partition coefficient (Wildman–Crippen LogP) is 1.92. The number of rotatable bonds is 3. The lowest BCUT2D eigenvalue weighted by atomic mass is 9.89. The van der Waals surface area contributed by atoms with Gasteiger partial charge in [-0.15, -0.1) is 0 Å². The number of nitrogens with two attached hydrogens (primary N) is 1. The van der Waals surface area contributed by atoms with Crippen molar-refractivity contribution in [2.75, 3.05) is 0 Å². The normalized spacial score (nSPS) is 18.6. The van der Waals surface area contributed by atoms with Crippen molar-refractivity contribution in [1.29, 1.82) is 0 Å². The van der Waals surface area contributed by atoms with Crippen LogP contribution in [0.25, 0.3) is 0 Å². The first-order chi connectivity index (χ1) is 6.88. The van der Waals surface area contributed by atoms with Crippen LogP contribution < -0.4 is 5.73 Å². The highest BCUT2D eigenvalue weighted by atomic mass is 15.3. The van der Waals surface area contributed by atoms with Gasteiger partial charge in [-0.25, -0.2) is 0 Å². The Kier molecular flexibility index (Phi) is 3.19. The van der Waals surface area contributed by atoms with Gasteiger partial charge in [-0.1, -0.05) is 19.3 Å². The van der Waals surface area contributed by atoms with Crippen LogP contribution in [0.1, 0.15) is 37.8 Å². The van der Waals surface area contributed by atoms with Gasteiger partial charge in [0.25, 0.3) is 0 Å². The highest BCUT2D eigenvalue weighted by Gasteiger charge is 2.13. The van der Waals surface area contributed by atoms with E-state index in [-0.39, 0.29) is 0 Å². The maximum Gasteiger partial charge on any atom is 0.0760 e. The summed E-state index contributed by atoms with van der Waals surface area (Å²) in [5.41, 5.74) is 6.52. The van der Waals surface area contributed by atoms with Crippen molar-refractivity contribution in [3.63, 3.8) is 0 Å². The zero-order valence-corrected chi connectivity index (χ0v) is 8.65. The third kappa shape index (κ3) is 2.35. The van der Waals surface area contributed by atoms with Crippen molar-refractivity contribution in [1.82, 2.24) is 9.78 Å². The minimum absolute atomic E-state index is 0.553. The molecule has 0 unspecified atom stereocenters. The van der Waals surface area contributed by atoms with E-state index in [1.807, 2.05) is 6.07 Å². The molecule has 2 rings (SSSR count). The Morgan fingerprint density at radius 2 is 2.14 bits per heavy atom. The predicted molar refractivity (Wildman–Crippen MR) is 56.7 cm³/mol. The van der Waals surface area contributed by atoms with Crippen molar-refractivity contribution in [2.45, 2.75) is 45.2 Å². The van der Waals surface area contributed by atoms with Gasteiger partial charge in [-0.2, -0.15) is 5.10 Å². The van der Waals surface area contributed by atoms with E-state index in [0.29, 0.717) is 6.54 Å². The van der Waals surface area contributed by atoms with Crippen LogP contribution in [0.4, 0.5) is 0 Å². The molecule has 0 radical (unpaired) electrons. The molecule has 3 nitrogen and oxygen atoms in total. The standard InChI is InChI=1S/C11H19N3/c12-8-11-6-7-14(13-11)9-10-4-2-1-3-5-10/h6-7,10H,1-5,8-9,12H2. The molecule has 1 fully saturated rings. The van der Waals surface area contributed by atoms with Gasteiger partial charge in [0.05, 0.1) is 5.69 Å². The largest absolute Gasteiger partial charge is 0.325 e. The summed E-state index contributed by atoms with van der Waals surface area (Å²) < 4.78 is 2.05. The SMILES string of the molecule is NCc1ccn(CC2CCCCC2)n1. The fourth-order valence-corrected chi connectivity index (χ4v) is 2.25. The molecular weight excluding hydrogens is 174 g/mol. The van der Waals surface area contributed by atoms with Crippen molar-refractivity contribution < 1.29 is 0 Å². The van der Waals surface area contributed by atoms with Gasteiger partial charge in [0.1, 0.15) is 0 Å². The minimum Gasteiger partial charge on any atom is -0.325 e. The highest BCUT2D eigenvalue weighted by molar-refractivity contribution is 4.97. The molecule has 1 aliphatic carbocycles. The van der Waals surface area contributed by atoms with Gasteiger partial charge in [-0.3, -0.25) is 4.68 Å². The van der Waals surface area contributed by atoms with Gasteiger partial charge in [-0.05, 0) is 24.8 Å². The van der Waals surface area contributed by atoms with Crippen molar-refractivity contribution in [2.24, 2.45) is 11.7 Å². The van der Waals surface area contributed by atoms with E-state index in [9.17, 15) is 0 Å². The van der Waals surface area contributed by atoms with Crippen LogP contribution >= 0.6 is 0 Å². The lowest BCUT2D eigenvalue weighted by Gasteiger charge is -2.21. The quantitative estimate of drug-likeness (QED) is 0.797. The fraction of sp³-hybridized carbons (Fsp3) is 0.727. The van der Waals surface area contributed by atoms with Gasteiger partial charge < -0.3 is 5.73 Å². The molecule has 1 heterocycles. The number of hydrogen-bond donors (Lipinski definition) is 1. The molecule has 0 aliphatic heterocycles. The lowest BCUT2D eigenvalue weighted by Crippen LogP contribution is -2.14. The summed E-state index contributed by atoms with van der Waals surface area (Å²) in [6.07, 6.45) is 9.02. The summed E-state index contributed by atoms with van der Waals surface area (Å²) >= 11 is 0. The number of nitrogens with zero attached hydrogens (tertiary/aromatic N) is 2. The molecule has 0 atom stereocenters. The molecule has 2 N–H and O–H groups in total. The van der Waals surface area contributed by atoms with E-state index in [1.165, 1.54) is 32.1 Å². The molecule has 1 aliphatic rings. The summed E-state index contributed by atoms with van der Waals surface area (Å²) in [5, 5.41) is 4.41.